The van der Waals surface area contributed by atoms with Crippen molar-refractivity contribution in [3.63, 3.8) is 0 Å². The number of anilines is 1. The van der Waals surface area contributed by atoms with Crippen LogP contribution in [0.3, 0.4) is 0 Å². The zero-order valence-corrected chi connectivity index (χ0v) is 11.2. The molecule has 0 spiro atoms. The van der Waals surface area contributed by atoms with Crippen molar-refractivity contribution >= 4 is 16.6 Å². The second-order valence-electron chi connectivity index (χ2n) is 4.80. The molecule has 96 valence electrons. The van der Waals surface area contributed by atoms with E-state index < -0.39 is 0 Å². The molecule has 2 aromatic rings. The topological polar surface area (TPSA) is 41.0 Å². The van der Waals surface area contributed by atoms with E-state index in [1.807, 2.05) is 25.4 Å². The summed E-state index contributed by atoms with van der Waals surface area (Å²) in [6.07, 6.45) is 1.81. The van der Waals surface area contributed by atoms with Crippen LogP contribution in [-0.4, -0.2) is 37.4 Å². The molecule has 0 radical (unpaired) electrons. The fourth-order valence-corrected chi connectivity index (χ4v) is 2.26. The van der Waals surface area contributed by atoms with Crippen molar-refractivity contribution in [2.75, 3.05) is 32.1 Å². The Balaban J connectivity index is 2.24. The predicted molar refractivity (Wildman–Crippen MR) is 75.9 cm³/mol. The van der Waals surface area contributed by atoms with E-state index in [1.54, 1.807) is 0 Å². The van der Waals surface area contributed by atoms with Crippen molar-refractivity contribution in [1.29, 1.82) is 0 Å². The molecule has 1 N–H and O–H groups in total. The zero-order chi connectivity index (χ0) is 13.0. The summed E-state index contributed by atoms with van der Waals surface area (Å²) in [6.45, 7) is 4.19. The SMILES string of the molecule is CNCC(C)CN(C)c1nncc2ccccc12. The van der Waals surface area contributed by atoms with Crippen LogP contribution in [-0.2, 0) is 0 Å². The minimum Gasteiger partial charge on any atom is -0.357 e. The van der Waals surface area contributed by atoms with Gasteiger partial charge in [-0.25, -0.2) is 0 Å². The average molecular weight is 244 g/mol. The quantitative estimate of drug-likeness (QED) is 0.872. The maximum Gasteiger partial charge on any atom is 0.158 e. The van der Waals surface area contributed by atoms with E-state index in [0.29, 0.717) is 5.92 Å². The molecule has 4 heteroatoms. The summed E-state index contributed by atoms with van der Waals surface area (Å²) >= 11 is 0. The van der Waals surface area contributed by atoms with E-state index in [-0.39, 0.29) is 0 Å². The summed E-state index contributed by atoms with van der Waals surface area (Å²) in [6, 6.07) is 8.23. The summed E-state index contributed by atoms with van der Waals surface area (Å²) in [5.41, 5.74) is 0. The van der Waals surface area contributed by atoms with Gasteiger partial charge in [-0.15, -0.1) is 5.10 Å². The minimum atomic E-state index is 0.570. The first kappa shape index (κ1) is 12.8. The average Bonchev–Trinajstić information content (AvgIpc) is 2.38. The third-order valence-corrected chi connectivity index (χ3v) is 3.05. The van der Waals surface area contributed by atoms with Gasteiger partial charge in [-0.3, -0.25) is 0 Å². The molecule has 0 aliphatic carbocycles. The molecule has 1 aromatic heterocycles. The Morgan fingerprint density at radius 2 is 2.11 bits per heavy atom. The summed E-state index contributed by atoms with van der Waals surface area (Å²) in [4.78, 5) is 2.18. The van der Waals surface area contributed by atoms with Crippen molar-refractivity contribution < 1.29 is 0 Å². The van der Waals surface area contributed by atoms with Crippen LogP contribution in [0.2, 0.25) is 0 Å². The Morgan fingerprint density at radius 1 is 1.33 bits per heavy atom. The van der Waals surface area contributed by atoms with Crippen LogP contribution in [0.25, 0.3) is 10.8 Å². The van der Waals surface area contributed by atoms with E-state index in [4.69, 9.17) is 0 Å². The van der Waals surface area contributed by atoms with Crippen molar-refractivity contribution in [3.8, 4) is 0 Å². The third-order valence-electron chi connectivity index (χ3n) is 3.05. The number of fused-ring (bicyclic) bond motifs is 1. The highest BCUT2D eigenvalue weighted by Crippen LogP contribution is 2.22. The molecule has 0 aliphatic rings. The van der Waals surface area contributed by atoms with Crippen LogP contribution < -0.4 is 10.2 Å². The third kappa shape index (κ3) is 2.76. The number of nitrogens with zero attached hydrogens (tertiary/aromatic N) is 3. The smallest absolute Gasteiger partial charge is 0.158 e. The van der Waals surface area contributed by atoms with Gasteiger partial charge in [-0.05, 0) is 19.5 Å². The van der Waals surface area contributed by atoms with Gasteiger partial charge in [0, 0.05) is 24.4 Å². The second kappa shape index (κ2) is 5.78. The van der Waals surface area contributed by atoms with Gasteiger partial charge in [0.1, 0.15) is 0 Å². The lowest BCUT2D eigenvalue weighted by Gasteiger charge is -2.23. The van der Waals surface area contributed by atoms with Gasteiger partial charge in [-0.2, -0.15) is 5.10 Å². The largest absolute Gasteiger partial charge is 0.357 e. The Kier molecular flexibility index (Phi) is 4.10. The van der Waals surface area contributed by atoms with Crippen molar-refractivity contribution in [1.82, 2.24) is 15.5 Å². The molecule has 0 fully saturated rings. The van der Waals surface area contributed by atoms with Crippen LogP contribution in [0.1, 0.15) is 6.92 Å². The Morgan fingerprint density at radius 3 is 2.89 bits per heavy atom. The number of nitrogens with one attached hydrogen (secondary N) is 1. The van der Waals surface area contributed by atoms with Crippen molar-refractivity contribution in [2.45, 2.75) is 6.92 Å². The first-order chi connectivity index (χ1) is 8.72. The number of hydrogen-bond acceptors (Lipinski definition) is 4. The van der Waals surface area contributed by atoms with Crippen LogP contribution in [0.5, 0.6) is 0 Å². The maximum absolute atomic E-state index is 4.28. The lowest BCUT2D eigenvalue weighted by molar-refractivity contribution is 0.540. The molecule has 4 nitrogen and oxygen atoms in total. The van der Waals surface area contributed by atoms with Crippen LogP contribution in [0.4, 0.5) is 5.82 Å². The highest BCUT2D eigenvalue weighted by atomic mass is 15.2. The summed E-state index contributed by atoms with van der Waals surface area (Å²) in [5.74, 6) is 1.52. The van der Waals surface area contributed by atoms with Gasteiger partial charge in [0.15, 0.2) is 5.82 Å². The molecule has 18 heavy (non-hydrogen) atoms. The molecule has 2 rings (SSSR count). The van der Waals surface area contributed by atoms with Crippen molar-refractivity contribution in [2.24, 2.45) is 5.92 Å². The number of rotatable bonds is 5. The summed E-state index contributed by atoms with van der Waals surface area (Å²) in [7, 11) is 4.05. The predicted octanol–water partition coefficient (Wildman–Crippen LogP) is 1.92. The lowest BCUT2D eigenvalue weighted by Crippen LogP contribution is -2.30. The molecule has 1 aromatic carbocycles. The van der Waals surface area contributed by atoms with Gasteiger partial charge >= 0.3 is 0 Å². The molecule has 1 unspecified atom stereocenters. The Labute approximate surface area is 108 Å². The highest BCUT2D eigenvalue weighted by Gasteiger charge is 2.11. The first-order valence-corrected chi connectivity index (χ1v) is 6.28. The first-order valence-electron chi connectivity index (χ1n) is 6.28. The van der Waals surface area contributed by atoms with Crippen molar-refractivity contribution in [3.05, 3.63) is 30.5 Å². The Hall–Kier alpha value is -1.68. The highest BCUT2D eigenvalue weighted by molar-refractivity contribution is 5.91. The maximum atomic E-state index is 4.28. The van der Waals surface area contributed by atoms with E-state index >= 15 is 0 Å². The van der Waals surface area contributed by atoms with E-state index in [0.717, 1.165) is 29.7 Å². The summed E-state index contributed by atoms with van der Waals surface area (Å²) < 4.78 is 0. The van der Waals surface area contributed by atoms with E-state index in [1.165, 1.54) is 0 Å². The standard InChI is InChI=1S/C14H20N4/c1-11(8-15-2)10-18(3)14-13-7-5-4-6-12(13)9-16-17-14/h4-7,9,11,15H,8,10H2,1-3H3. The molecule has 0 amide bonds. The van der Waals surface area contributed by atoms with Crippen LogP contribution in [0, 0.1) is 5.92 Å². The van der Waals surface area contributed by atoms with Gasteiger partial charge < -0.3 is 10.2 Å². The van der Waals surface area contributed by atoms with Gasteiger partial charge in [0.2, 0.25) is 0 Å². The molecular weight excluding hydrogens is 224 g/mol. The fourth-order valence-electron chi connectivity index (χ4n) is 2.26. The minimum absolute atomic E-state index is 0.570. The molecule has 1 heterocycles. The van der Waals surface area contributed by atoms with E-state index in [2.05, 4.69) is 46.5 Å². The normalized spacial score (nSPS) is 12.6. The lowest BCUT2D eigenvalue weighted by atomic mass is 10.1. The van der Waals surface area contributed by atoms with Gasteiger partial charge in [0.25, 0.3) is 0 Å². The van der Waals surface area contributed by atoms with E-state index in [9.17, 15) is 0 Å². The molecule has 0 bridgehead atoms. The molecule has 0 saturated carbocycles. The zero-order valence-electron chi connectivity index (χ0n) is 11.2. The van der Waals surface area contributed by atoms with Gasteiger partial charge in [-0.1, -0.05) is 31.2 Å². The molecular formula is C14H20N4. The number of benzene rings is 1. The Bertz CT molecular complexity index is 507. The summed E-state index contributed by atoms with van der Waals surface area (Å²) in [5, 5.41) is 13.8. The van der Waals surface area contributed by atoms with Gasteiger partial charge in [0.05, 0.1) is 6.20 Å². The molecule has 0 saturated heterocycles. The van der Waals surface area contributed by atoms with Crippen LogP contribution >= 0.6 is 0 Å². The number of hydrogen-bond donors (Lipinski definition) is 1. The number of aromatic nitrogens is 2. The molecule has 0 aliphatic heterocycles. The second-order valence-corrected chi connectivity index (χ2v) is 4.80. The van der Waals surface area contributed by atoms with Crippen LogP contribution in [0.15, 0.2) is 30.5 Å². The molecule has 1 atom stereocenters. The fraction of sp³-hybridized carbons (Fsp3) is 0.429. The monoisotopic (exact) mass is 244 g/mol.